The molecule has 0 bridgehead atoms. The van der Waals surface area contributed by atoms with Crippen LogP contribution < -0.4 is 4.74 Å². The number of benzene rings is 1. The van der Waals surface area contributed by atoms with Crippen LogP contribution in [0.3, 0.4) is 0 Å². The molecule has 0 radical (unpaired) electrons. The summed E-state index contributed by atoms with van der Waals surface area (Å²) in [6.45, 7) is -0.316. The molecule has 1 N–H and O–H groups in total. The number of aliphatic carboxylic acids is 1. The molecule has 0 aromatic heterocycles. The molecule has 1 aromatic rings. The van der Waals surface area contributed by atoms with Gasteiger partial charge in [0.15, 0.2) is 0 Å². The van der Waals surface area contributed by atoms with E-state index in [4.69, 9.17) is 9.84 Å². The van der Waals surface area contributed by atoms with Gasteiger partial charge in [0.2, 0.25) is 0 Å². The Labute approximate surface area is 86.2 Å². The Bertz CT molecular complexity index is 322. The molecule has 0 aliphatic rings. The predicted molar refractivity (Wildman–Crippen MR) is 50.5 cm³/mol. The quantitative estimate of drug-likeness (QED) is 0.552. The summed E-state index contributed by atoms with van der Waals surface area (Å²) in [6.07, 6.45) is -0.998. The fourth-order valence-corrected chi connectivity index (χ4v) is 0.905. The van der Waals surface area contributed by atoms with Gasteiger partial charge in [-0.05, 0) is 12.1 Å². The van der Waals surface area contributed by atoms with Crippen LogP contribution in [0, 0.1) is 0 Å². The van der Waals surface area contributed by atoms with E-state index in [-0.39, 0.29) is 6.61 Å². The molecular weight excluding hydrogens is 200 g/mol. The maximum absolute atomic E-state index is 10.6. The predicted octanol–water partition coefficient (Wildman–Crippen LogP) is 0.692. The van der Waals surface area contributed by atoms with E-state index in [2.05, 4.69) is 4.74 Å². The summed E-state index contributed by atoms with van der Waals surface area (Å²) in [5.74, 6) is -0.906. The van der Waals surface area contributed by atoms with E-state index in [1.807, 2.05) is 0 Å². The number of carboxylic acid groups (broad SMARTS) is 1. The number of aldehydes is 1. The highest BCUT2D eigenvalue weighted by Gasteiger charge is 2.19. The van der Waals surface area contributed by atoms with E-state index < -0.39 is 12.3 Å². The van der Waals surface area contributed by atoms with E-state index in [0.29, 0.717) is 12.0 Å². The van der Waals surface area contributed by atoms with Gasteiger partial charge in [0.25, 0.3) is 6.29 Å². The molecule has 1 aromatic carbocycles. The van der Waals surface area contributed by atoms with Crippen LogP contribution >= 0.6 is 0 Å². The van der Waals surface area contributed by atoms with Crippen molar-refractivity contribution < 1.29 is 24.2 Å². The minimum atomic E-state index is -1.46. The largest absolute Gasteiger partial charge is 0.477 e. The zero-order valence-electron chi connectivity index (χ0n) is 7.83. The maximum atomic E-state index is 10.6. The highest BCUT2D eigenvalue weighted by Crippen LogP contribution is 2.11. The van der Waals surface area contributed by atoms with Crippen LogP contribution in [0.5, 0.6) is 5.75 Å². The topological polar surface area (TPSA) is 72.8 Å². The van der Waals surface area contributed by atoms with Crippen molar-refractivity contribution in [2.45, 2.75) is 6.29 Å². The minimum absolute atomic E-state index is 0.316. The van der Waals surface area contributed by atoms with Gasteiger partial charge in [0.05, 0.1) is 0 Å². The van der Waals surface area contributed by atoms with Crippen molar-refractivity contribution in [1.82, 2.24) is 0 Å². The molecule has 80 valence electrons. The van der Waals surface area contributed by atoms with Gasteiger partial charge in [-0.25, -0.2) is 4.79 Å². The molecule has 15 heavy (non-hydrogen) atoms. The first-order valence-corrected chi connectivity index (χ1v) is 4.24. The molecule has 0 aliphatic carbocycles. The van der Waals surface area contributed by atoms with E-state index in [1.165, 1.54) is 0 Å². The van der Waals surface area contributed by atoms with Crippen molar-refractivity contribution in [2.24, 2.45) is 0 Å². The van der Waals surface area contributed by atoms with Crippen molar-refractivity contribution in [1.29, 1.82) is 0 Å². The lowest BCUT2D eigenvalue weighted by molar-refractivity contribution is -0.170. The van der Waals surface area contributed by atoms with Gasteiger partial charge in [-0.15, -0.1) is 0 Å². The lowest BCUT2D eigenvalue weighted by Gasteiger charge is -2.13. The minimum Gasteiger partial charge on any atom is -0.477 e. The Morgan fingerprint density at radius 3 is 2.60 bits per heavy atom. The highest BCUT2D eigenvalue weighted by molar-refractivity contribution is 5.71. The smallest absolute Gasteiger partial charge is 0.373 e. The fraction of sp³-hybridized carbons (Fsp3) is 0.200. The first-order chi connectivity index (χ1) is 7.24. The van der Waals surface area contributed by atoms with Gasteiger partial charge in [-0.1, -0.05) is 18.2 Å². The van der Waals surface area contributed by atoms with Crippen LogP contribution in [0.25, 0.3) is 0 Å². The average molecular weight is 210 g/mol. The number of carboxylic acids is 1. The first-order valence-electron chi connectivity index (χ1n) is 4.24. The Balaban J connectivity index is 2.58. The van der Waals surface area contributed by atoms with Crippen molar-refractivity contribution in [2.75, 3.05) is 6.61 Å². The lowest BCUT2D eigenvalue weighted by atomic mass is 10.3. The summed E-state index contributed by atoms with van der Waals surface area (Å²) in [6, 6.07) is 8.37. The highest BCUT2D eigenvalue weighted by atomic mass is 16.7. The van der Waals surface area contributed by atoms with Crippen LogP contribution in [0.2, 0.25) is 0 Å². The third-order valence-corrected chi connectivity index (χ3v) is 1.50. The zero-order chi connectivity index (χ0) is 11.1. The summed E-state index contributed by atoms with van der Waals surface area (Å²) in [4.78, 5) is 20.7. The van der Waals surface area contributed by atoms with Crippen LogP contribution in [0.1, 0.15) is 0 Å². The second-order valence-corrected chi connectivity index (χ2v) is 2.60. The maximum Gasteiger partial charge on any atom is 0.373 e. The van der Waals surface area contributed by atoms with Gasteiger partial charge in [-0.3, -0.25) is 0 Å². The fourth-order valence-electron chi connectivity index (χ4n) is 0.905. The van der Waals surface area contributed by atoms with Crippen molar-refractivity contribution in [3.05, 3.63) is 30.3 Å². The number of hydrogen-bond acceptors (Lipinski definition) is 4. The molecule has 1 atom stereocenters. The van der Waals surface area contributed by atoms with Crippen LogP contribution in [0.15, 0.2) is 30.3 Å². The van der Waals surface area contributed by atoms with Crippen LogP contribution in [0.4, 0.5) is 0 Å². The van der Waals surface area contributed by atoms with Crippen LogP contribution in [-0.2, 0) is 14.3 Å². The molecule has 1 unspecified atom stereocenters. The monoisotopic (exact) mass is 210 g/mol. The van der Waals surface area contributed by atoms with Crippen molar-refractivity contribution in [3.63, 3.8) is 0 Å². The number of carbonyl (C=O) groups excluding carboxylic acids is 1. The number of rotatable bonds is 6. The van der Waals surface area contributed by atoms with Gasteiger partial charge in [-0.2, -0.15) is 0 Å². The van der Waals surface area contributed by atoms with E-state index >= 15 is 0 Å². The van der Waals surface area contributed by atoms with Crippen molar-refractivity contribution in [3.8, 4) is 5.75 Å². The Hall–Kier alpha value is -1.88. The molecule has 1 rings (SSSR count). The summed E-state index contributed by atoms with van der Waals surface area (Å²) in [5, 5.41) is 8.70. The third-order valence-electron chi connectivity index (χ3n) is 1.50. The third kappa shape index (κ3) is 3.78. The molecule has 0 fully saturated rings. The van der Waals surface area contributed by atoms with Crippen molar-refractivity contribution >= 4 is 12.3 Å². The molecule has 0 aliphatic heterocycles. The number of para-hydroxylation sites is 1. The molecule has 0 saturated carbocycles. The lowest BCUT2D eigenvalue weighted by Crippen LogP contribution is -2.30. The molecule has 0 heterocycles. The van der Waals surface area contributed by atoms with E-state index in [0.717, 1.165) is 0 Å². The number of hydrogen-bond donors (Lipinski definition) is 1. The number of ether oxygens (including phenoxy) is 2. The zero-order valence-corrected chi connectivity index (χ0v) is 7.83. The van der Waals surface area contributed by atoms with Gasteiger partial charge < -0.3 is 19.4 Å². The first kappa shape index (κ1) is 11.2. The summed E-state index contributed by atoms with van der Waals surface area (Å²) < 4.78 is 9.66. The second-order valence-electron chi connectivity index (χ2n) is 2.60. The summed E-state index contributed by atoms with van der Waals surface area (Å²) in [5.41, 5.74) is 0. The normalized spacial score (nSPS) is 11.7. The van der Waals surface area contributed by atoms with Gasteiger partial charge in [0, 0.05) is 0 Å². The van der Waals surface area contributed by atoms with E-state index in [1.54, 1.807) is 30.3 Å². The Kier molecular flexibility index (Phi) is 4.30. The van der Waals surface area contributed by atoms with Gasteiger partial charge in [0.1, 0.15) is 18.6 Å². The Morgan fingerprint density at radius 2 is 2.07 bits per heavy atom. The average Bonchev–Trinajstić information content (AvgIpc) is 2.25. The summed E-state index contributed by atoms with van der Waals surface area (Å²) in [7, 11) is 0. The molecule has 0 amide bonds. The van der Waals surface area contributed by atoms with Crippen LogP contribution in [-0.4, -0.2) is 30.3 Å². The molecule has 0 saturated heterocycles. The van der Waals surface area contributed by atoms with E-state index in [9.17, 15) is 9.59 Å². The standard InChI is InChI=1S/C10H10O5/c11-6-7-14-10(9(12)13)15-8-4-2-1-3-5-8/h1-6,10H,7H2,(H,12,13). The molecular formula is C10H10O5. The molecule has 5 nitrogen and oxygen atoms in total. The Morgan fingerprint density at radius 1 is 1.40 bits per heavy atom. The second kappa shape index (κ2) is 5.77. The SMILES string of the molecule is O=CCOC(Oc1ccccc1)C(=O)O. The van der Waals surface area contributed by atoms with Gasteiger partial charge >= 0.3 is 5.97 Å². The number of carbonyl (C=O) groups is 2. The summed E-state index contributed by atoms with van der Waals surface area (Å²) >= 11 is 0. The molecule has 0 spiro atoms. The molecule has 5 heteroatoms.